The van der Waals surface area contributed by atoms with Gasteiger partial charge in [0.1, 0.15) is 5.75 Å². The Labute approximate surface area is 154 Å². The first-order valence-electron chi connectivity index (χ1n) is 8.09. The minimum absolute atomic E-state index is 0.201. The predicted molar refractivity (Wildman–Crippen MR) is 106 cm³/mol. The van der Waals surface area contributed by atoms with Crippen molar-refractivity contribution in [3.63, 3.8) is 0 Å². The van der Waals surface area contributed by atoms with E-state index in [0.717, 1.165) is 30.8 Å². The van der Waals surface area contributed by atoms with Gasteiger partial charge < -0.3 is 15.4 Å². The van der Waals surface area contributed by atoms with Crippen LogP contribution in [0.25, 0.3) is 0 Å². The molecule has 0 fully saturated rings. The molecule has 128 valence electrons. The van der Waals surface area contributed by atoms with Crippen molar-refractivity contribution in [3.05, 3.63) is 59.1 Å². The van der Waals surface area contributed by atoms with Crippen molar-refractivity contribution in [2.45, 2.75) is 32.8 Å². The zero-order chi connectivity index (χ0) is 17.4. The third-order valence-electron chi connectivity index (χ3n) is 3.34. The van der Waals surface area contributed by atoms with Crippen molar-refractivity contribution < 1.29 is 4.74 Å². The minimum atomic E-state index is 0.201. The van der Waals surface area contributed by atoms with E-state index in [1.807, 2.05) is 50.2 Å². The van der Waals surface area contributed by atoms with E-state index in [9.17, 15) is 0 Å². The molecule has 2 N–H and O–H groups in total. The van der Waals surface area contributed by atoms with E-state index in [2.05, 4.69) is 22.8 Å². The third kappa shape index (κ3) is 6.38. The molecule has 0 bridgehead atoms. The molecule has 0 saturated carbocycles. The molecule has 5 heteroatoms. The Balaban J connectivity index is 1.69. The van der Waals surface area contributed by atoms with Gasteiger partial charge in [-0.15, -0.1) is 0 Å². The maximum Gasteiger partial charge on any atom is 0.170 e. The number of ether oxygens (including phenoxy) is 1. The lowest BCUT2D eigenvalue weighted by Crippen LogP contribution is -2.29. The standard InChI is InChI=1S/C19H23ClN2OS/c1-14(2)23-16-11-9-15(10-12-16)6-5-13-21-19(24)22-18-8-4-3-7-17(18)20/h3-4,7-12,14H,5-6,13H2,1-2H3,(H2,21,22,24). The highest BCUT2D eigenvalue weighted by Crippen LogP contribution is 2.20. The molecule has 2 aromatic rings. The van der Waals surface area contributed by atoms with Crippen molar-refractivity contribution in [2.24, 2.45) is 0 Å². The summed E-state index contributed by atoms with van der Waals surface area (Å²) in [4.78, 5) is 0. The zero-order valence-electron chi connectivity index (χ0n) is 14.0. The van der Waals surface area contributed by atoms with Gasteiger partial charge in [-0.05, 0) is 68.7 Å². The van der Waals surface area contributed by atoms with Gasteiger partial charge in [-0.1, -0.05) is 35.9 Å². The summed E-state index contributed by atoms with van der Waals surface area (Å²) >= 11 is 11.4. The van der Waals surface area contributed by atoms with Crippen LogP contribution < -0.4 is 15.4 Å². The van der Waals surface area contributed by atoms with Gasteiger partial charge in [-0.2, -0.15) is 0 Å². The van der Waals surface area contributed by atoms with E-state index >= 15 is 0 Å². The summed E-state index contributed by atoms with van der Waals surface area (Å²) in [6.45, 7) is 4.86. The fourth-order valence-corrected chi connectivity index (χ4v) is 2.63. The number of rotatable bonds is 7. The number of aryl methyl sites for hydroxylation is 1. The zero-order valence-corrected chi connectivity index (χ0v) is 15.6. The molecule has 0 aliphatic carbocycles. The Bertz CT molecular complexity index is 659. The number of hydrogen-bond donors (Lipinski definition) is 2. The van der Waals surface area contributed by atoms with E-state index in [1.54, 1.807) is 0 Å². The number of benzene rings is 2. The highest BCUT2D eigenvalue weighted by molar-refractivity contribution is 7.80. The number of thiocarbonyl (C=S) groups is 1. The van der Waals surface area contributed by atoms with Crippen LogP contribution in [0.5, 0.6) is 5.75 Å². The van der Waals surface area contributed by atoms with Crippen LogP contribution in [0.2, 0.25) is 5.02 Å². The molecule has 0 aliphatic rings. The van der Waals surface area contributed by atoms with E-state index in [0.29, 0.717) is 10.1 Å². The quantitative estimate of drug-likeness (QED) is 0.533. The second-order valence-corrected chi connectivity index (χ2v) is 6.59. The van der Waals surface area contributed by atoms with Gasteiger partial charge in [-0.3, -0.25) is 0 Å². The molecule has 0 radical (unpaired) electrons. The first-order chi connectivity index (χ1) is 11.5. The molecule has 2 aromatic carbocycles. The van der Waals surface area contributed by atoms with Crippen LogP contribution in [0.3, 0.4) is 0 Å². The van der Waals surface area contributed by atoms with Crippen LogP contribution in [0.15, 0.2) is 48.5 Å². The number of anilines is 1. The molecule has 0 atom stereocenters. The first-order valence-corrected chi connectivity index (χ1v) is 8.88. The van der Waals surface area contributed by atoms with Crippen LogP contribution in [0.1, 0.15) is 25.8 Å². The third-order valence-corrected chi connectivity index (χ3v) is 3.92. The highest BCUT2D eigenvalue weighted by Gasteiger charge is 2.02. The molecule has 24 heavy (non-hydrogen) atoms. The SMILES string of the molecule is CC(C)Oc1ccc(CCCNC(=S)Nc2ccccc2Cl)cc1. The fraction of sp³-hybridized carbons (Fsp3) is 0.316. The average Bonchev–Trinajstić information content (AvgIpc) is 2.55. The number of halogens is 1. The van der Waals surface area contributed by atoms with E-state index in [4.69, 9.17) is 28.6 Å². The molecular weight excluding hydrogens is 340 g/mol. The molecule has 0 unspecified atom stereocenters. The van der Waals surface area contributed by atoms with Crippen LogP contribution in [0, 0.1) is 0 Å². The minimum Gasteiger partial charge on any atom is -0.491 e. The smallest absolute Gasteiger partial charge is 0.170 e. The summed E-state index contributed by atoms with van der Waals surface area (Å²) in [5.74, 6) is 0.914. The lowest BCUT2D eigenvalue weighted by molar-refractivity contribution is 0.242. The van der Waals surface area contributed by atoms with E-state index in [-0.39, 0.29) is 6.10 Å². The number of nitrogens with one attached hydrogen (secondary N) is 2. The Morgan fingerprint density at radius 2 is 1.83 bits per heavy atom. The molecule has 0 spiro atoms. The number of hydrogen-bond acceptors (Lipinski definition) is 2. The second-order valence-electron chi connectivity index (χ2n) is 5.77. The largest absolute Gasteiger partial charge is 0.491 e. The second kappa shape index (κ2) is 9.50. The Kier molecular flexibility index (Phi) is 7.35. The highest BCUT2D eigenvalue weighted by atomic mass is 35.5. The summed E-state index contributed by atoms with van der Waals surface area (Å²) in [6, 6.07) is 15.8. The lowest BCUT2D eigenvalue weighted by atomic mass is 10.1. The van der Waals surface area contributed by atoms with Gasteiger partial charge in [0, 0.05) is 6.54 Å². The summed E-state index contributed by atoms with van der Waals surface area (Å²) in [5, 5.41) is 7.55. The van der Waals surface area contributed by atoms with Crippen LogP contribution in [-0.2, 0) is 6.42 Å². The molecule has 2 rings (SSSR count). The van der Waals surface area contributed by atoms with Gasteiger partial charge in [0.05, 0.1) is 16.8 Å². The van der Waals surface area contributed by atoms with Gasteiger partial charge in [0.15, 0.2) is 5.11 Å². The van der Waals surface area contributed by atoms with Gasteiger partial charge in [0.2, 0.25) is 0 Å². The molecule has 3 nitrogen and oxygen atoms in total. The lowest BCUT2D eigenvalue weighted by Gasteiger charge is -2.12. The molecule has 0 aliphatic heterocycles. The maximum atomic E-state index is 6.09. The number of para-hydroxylation sites is 1. The summed E-state index contributed by atoms with van der Waals surface area (Å²) in [5.41, 5.74) is 2.11. The van der Waals surface area contributed by atoms with Crippen LogP contribution in [-0.4, -0.2) is 17.8 Å². The van der Waals surface area contributed by atoms with Crippen molar-refractivity contribution >= 4 is 34.6 Å². The molecule has 0 saturated heterocycles. The molecule has 0 aromatic heterocycles. The monoisotopic (exact) mass is 362 g/mol. The summed E-state index contributed by atoms with van der Waals surface area (Å²) in [7, 11) is 0. The van der Waals surface area contributed by atoms with Crippen LogP contribution in [0.4, 0.5) is 5.69 Å². The molecule has 0 amide bonds. The Morgan fingerprint density at radius 3 is 2.50 bits per heavy atom. The van der Waals surface area contributed by atoms with Crippen LogP contribution >= 0.6 is 23.8 Å². The van der Waals surface area contributed by atoms with Crippen molar-refractivity contribution in [2.75, 3.05) is 11.9 Å². The molecular formula is C19H23ClN2OS. The Hall–Kier alpha value is -1.78. The van der Waals surface area contributed by atoms with Crippen molar-refractivity contribution in [3.8, 4) is 5.75 Å². The maximum absolute atomic E-state index is 6.09. The van der Waals surface area contributed by atoms with Crippen molar-refractivity contribution in [1.82, 2.24) is 5.32 Å². The van der Waals surface area contributed by atoms with E-state index < -0.39 is 0 Å². The first kappa shape index (κ1) is 18.6. The van der Waals surface area contributed by atoms with Gasteiger partial charge >= 0.3 is 0 Å². The van der Waals surface area contributed by atoms with Gasteiger partial charge in [0.25, 0.3) is 0 Å². The summed E-state index contributed by atoms with van der Waals surface area (Å²) in [6.07, 6.45) is 2.19. The molecule has 0 heterocycles. The topological polar surface area (TPSA) is 33.3 Å². The predicted octanol–water partition coefficient (Wildman–Crippen LogP) is 5.05. The van der Waals surface area contributed by atoms with E-state index in [1.165, 1.54) is 5.56 Å². The van der Waals surface area contributed by atoms with Gasteiger partial charge in [-0.25, -0.2) is 0 Å². The Morgan fingerprint density at radius 1 is 1.12 bits per heavy atom. The van der Waals surface area contributed by atoms with Crippen molar-refractivity contribution in [1.29, 1.82) is 0 Å². The fourth-order valence-electron chi connectivity index (χ4n) is 2.23. The normalized spacial score (nSPS) is 10.5. The average molecular weight is 363 g/mol. The summed E-state index contributed by atoms with van der Waals surface area (Å²) < 4.78 is 5.64.